The SMILES string of the molecule is CC(C)C1=Cc2c(cccc2-c2ccc(C(C)(C)C)cc2)C1.CC1CC2C=CC=C(c3ccc(C(C)(C)C)cc3)C2C1.CCCC[Si](CCCC)(C1C(C(C)C)=Cc2c(-c3ccc(C(C)(C)C)cc3)cccc21)C1C(C)=CC2C(c3ccc(C(C)(C)C)cc3)=CC=CC21.CCCC[Si](Cl)(CCCC)C1C(C(C)C)=Cc2c(-c3ccc(C(C)(C)C)cc3)cccc21.[H-].[Li+]. The molecule has 8 unspecified atom stereocenters. The van der Waals surface area contributed by atoms with E-state index in [4.69, 9.17) is 11.1 Å². The van der Waals surface area contributed by atoms with Crippen LogP contribution in [0.25, 0.3) is 62.8 Å². The van der Waals surface area contributed by atoms with Crippen LogP contribution in [-0.4, -0.2) is 15.5 Å². The summed E-state index contributed by atoms with van der Waals surface area (Å²) < 4.78 is 0. The smallest absolute Gasteiger partial charge is 1.00 e. The fraction of sp³-hybridized carbons (Fsp3) is 0.475. The molecule has 0 spiro atoms. The molecule has 0 aliphatic heterocycles. The predicted octanol–water partition coefficient (Wildman–Crippen LogP) is 34.0. The minimum atomic E-state index is -2.06. The summed E-state index contributed by atoms with van der Waals surface area (Å²) in [5.41, 5.74) is 39.1. The minimum absolute atomic E-state index is 0. The van der Waals surface area contributed by atoms with E-state index in [2.05, 4.69) is 424 Å². The molecule has 1 fully saturated rings. The van der Waals surface area contributed by atoms with Gasteiger partial charge in [0.05, 0.1) is 8.07 Å². The maximum absolute atomic E-state index is 7.74. The Bertz CT molecular complexity index is 5240. The van der Waals surface area contributed by atoms with Gasteiger partial charge >= 0.3 is 18.9 Å². The van der Waals surface area contributed by atoms with Gasteiger partial charge in [-0.2, -0.15) is 11.1 Å². The third kappa shape index (κ3) is 22.4. The van der Waals surface area contributed by atoms with Crippen LogP contribution in [0.5, 0.6) is 0 Å². The molecule has 15 rings (SSSR count). The van der Waals surface area contributed by atoms with Crippen molar-refractivity contribution in [1.29, 1.82) is 0 Å². The maximum Gasteiger partial charge on any atom is 1.00 e. The first-order chi connectivity index (χ1) is 59.1. The van der Waals surface area contributed by atoms with E-state index in [1.165, 1.54) is 194 Å². The largest absolute Gasteiger partial charge is 1.00 e. The first-order valence-corrected chi connectivity index (χ1v) is 55.4. The molecule has 0 heterocycles. The Morgan fingerprint density at radius 2 is 0.770 bits per heavy atom. The average Bonchev–Trinajstić information content (AvgIpc) is 1.55. The van der Waals surface area contributed by atoms with E-state index >= 15 is 0 Å². The van der Waals surface area contributed by atoms with Crippen molar-refractivity contribution in [2.45, 2.75) is 325 Å². The van der Waals surface area contributed by atoms with Crippen molar-refractivity contribution < 1.29 is 20.3 Å². The van der Waals surface area contributed by atoms with Gasteiger partial charge in [0, 0.05) is 17.0 Å². The Labute approximate surface area is 789 Å². The first kappa shape index (κ1) is 99.6. The topological polar surface area (TPSA) is 0 Å². The summed E-state index contributed by atoms with van der Waals surface area (Å²) in [5, 5.41) is 0. The molecule has 4 heteroatoms. The predicted molar refractivity (Wildman–Crippen MR) is 561 cm³/mol. The standard InChI is InChI=1S/C50H66Si.C30H43ClSi.C22H26.C20H26.Li.H/c1-12-14-30-51(31-15-13-2,47-35(5)32-45-40(18-16-20-42(45)47)36-22-26-38(27-23-36)49(6,7)8)48-43-21-17-19-41(46(43)33-44(48)34(3)4)37-24-28-39(29-25-37)50(9,10)11;1-8-10-19-32(31,20-11-9-2)29-26-14-12-13-25(28(26)21-27(29)22(3)4)23-15-17-24(18-16-23)30(5,6)7;1-15(2)18-13-17-7-6-8-20(21(17)14-18)16-9-11-19(12-10-16)22(3,4)5;1-14-12-16-6-5-7-18(19(16)13-14)15-8-10-17(11-9-15)20(2,3)4;;/h16-29,32-34,42,45,47-48H,12-15,30-31H2,1-11H3;12-18,21-22,29H,8-11,19-20H2,1-7H3;6-12,14-15H,13H2,1-5H3;5-11,14,16,19H,12-13H2,1-4H3;;/q;;;;+1;-1. The number of fused-ring (bicyclic) bond motifs is 5. The van der Waals surface area contributed by atoms with E-state index in [9.17, 15) is 0 Å². The zero-order valence-corrected chi connectivity index (χ0v) is 86.6. The molecular formula is C122H162ClLiSi2. The van der Waals surface area contributed by atoms with Crippen molar-refractivity contribution >= 4 is 55.9 Å². The fourth-order valence-corrected chi connectivity index (χ4v) is 36.3. The molecule has 0 bridgehead atoms. The van der Waals surface area contributed by atoms with Gasteiger partial charge in [-0.05, 0) is 229 Å². The molecule has 0 aromatic heterocycles. The van der Waals surface area contributed by atoms with Gasteiger partial charge in [0.1, 0.15) is 0 Å². The zero-order chi connectivity index (χ0) is 90.5. The van der Waals surface area contributed by atoms with Crippen molar-refractivity contribution in [3.63, 3.8) is 0 Å². The molecule has 8 aromatic rings. The Balaban J connectivity index is 0.000000189. The van der Waals surface area contributed by atoms with Gasteiger partial charge in [-0.3, -0.25) is 0 Å². The van der Waals surface area contributed by atoms with Crippen molar-refractivity contribution in [3.05, 3.63) is 313 Å². The summed E-state index contributed by atoms with van der Waals surface area (Å²) in [6.07, 6.45) is 38.9. The molecule has 126 heavy (non-hydrogen) atoms. The molecule has 0 amide bonds. The Hall–Kier alpha value is -7.00. The van der Waals surface area contributed by atoms with Crippen LogP contribution in [-0.2, 0) is 33.5 Å². The Morgan fingerprint density at radius 3 is 1.17 bits per heavy atom. The second-order valence-electron chi connectivity index (χ2n) is 45.2. The summed E-state index contributed by atoms with van der Waals surface area (Å²) in [6.45, 7) is 62.9. The summed E-state index contributed by atoms with van der Waals surface area (Å²) in [4.78, 5) is 0. The van der Waals surface area contributed by atoms with E-state index in [1.807, 2.05) is 0 Å². The van der Waals surface area contributed by atoms with Crippen molar-refractivity contribution in [2.75, 3.05) is 0 Å². The van der Waals surface area contributed by atoms with Crippen LogP contribution in [0.1, 0.15) is 336 Å². The minimum Gasteiger partial charge on any atom is -1.00 e. The molecule has 0 N–H and O–H groups in total. The van der Waals surface area contributed by atoms with Gasteiger partial charge in [-0.25, -0.2) is 0 Å². The zero-order valence-electron chi connectivity index (χ0n) is 84.9. The van der Waals surface area contributed by atoms with Crippen LogP contribution in [0.15, 0.2) is 241 Å². The van der Waals surface area contributed by atoms with Gasteiger partial charge in [0.15, 0.2) is 7.38 Å². The molecule has 666 valence electrons. The second kappa shape index (κ2) is 41.6. The van der Waals surface area contributed by atoms with Crippen LogP contribution in [0, 0.1) is 47.3 Å². The molecular weight excluding hydrogens is 1560 g/mol. The van der Waals surface area contributed by atoms with Crippen LogP contribution < -0.4 is 18.9 Å². The Morgan fingerprint density at radius 1 is 0.405 bits per heavy atom. The monoisotopic (exact) mass is 1730 g/mol. The third-order valence-electron chi connectivity index (χ3n) is 29.7. The number of hydrogen-bond donors (Lipinski definition) is 0. The molecule has 7 aliphatic carbocycles. The van der Waals surface area contributed by atoms with Crippen molar-refractivity contribution in [1.82, 2.24) is 0 Å². The summed E-state index contributed by atoms with van der Waals surface area (Å²) in [6, 6.07) is 72.9. The number of allylic oxidation sites excluding steroid dienone is 13. The van der Waals surface area contributed by atoms with E-state index in [0.717, 1.165) is 24.2 Å². The number of benzene rings is 8. The first-order valence-electron chi connectivity index (χ1n) is 49.3. The molecule has 7 aliphatic rings. The van der Waals surface area contributed by atoms with Gasteiger partial charge in [0.25, 0.3) is 0 Å². The average molecular weight is 1730 g/mol. The van der Waals surface area contributed by atoms with Crippen LogP contribution in [0.2, 0.25) is 29.7 Å². The third-order valence-corrected chi connectivity index (χ3v) is 42.0. The number of hydrogen-bond acceptors (Lipinski definition) is 0. The molecule has 0 radical (unpaired) electrons. The van der Waals surface area contributed by atoms with Crippen molar-refractivity contribution in [2.24, 2.45) is 47.3 Å². The number of unbranched alkanes of at least 4 members (excludes halogenated alkanes) is 4. The van der Waals surface area contributed by atoms with Gasteiger partial charge in [-0.1, -0.05) is 502 Å². The number of rotatable bonds is 23. The maximum atomic E-state index is 7.74. The van der Waals surface area contributed by atoms with Gasteiger partial charge in [-0.15, -0.1) is 0 Å². The van der Waals surface area contributed by atoms with Crippen LogP contribution in [0.4, 0.5) is 0 Å². The Kier molecular flexibility index (Phi) is 32.9. The van der Waals surface area contributed by atoms with Crippen LogP contribution in [0.3, 0.4) is 0 Å². The van der Waals surface area contributed by atoms with Crippen LogP contribution >= 0.6 is 11.1 Å². The summed E-state index contributed by atoms with van der Waals surface area (Å²) in [5.74, 6) is 5.05. The molecule has 1 saturated carbocycles. The van der Waals surface area contributed by atoms with Gasteiger partial charge in [0.2, 0.25) is 0 Å². The van der Waals surface area contributed by atoms with E-state index in [0.29, 0.717) is 46.2 Å². The molecule has 0 saturated heterocycles. The summed E-state index contributed by atoms with van der Waals surface area (Å²) in [7, 11) is -4.05. The van der Waals surface area contributed by atoms with E-state index < -0.39 is 15.5 Å². The second-order valence-corrected chi connectivity index (χ2v) is 55.8. The molecule has 0 nitrogen and oxygen atoms in total. The summed E-state index contributed by atoms with van der Waals surface area (Å²) >= 11 is 7.74. The fourth-order valence-electron chi connectivity index (χ4n) is 22.3. The van der Waals surface area contributed by atoms with E-state index in [-0.39, 0.29) is 47.4 Å². The normalized spacial score (nSPS) is 20.1. The molecule has 8 aromatic carbocycles. The number of halogens is 1. The van der Waals surface area contributed by atoms with Crippen molar-refractivity contribution in [3.8, 4) is 33.4 Å². The molecule has 8 atom stereocenters. The van der Waals surface area contributed by atoms with E-state index in [1.54, 1.807) is 33.4 Å². The quantitative estimate of drug-likeness (QED) is 0.0340. The van der Waals surface area contributed by atoms with Gasteiger partial charge < -0.3 is 1.43 Å².